The van der Waals surface area contributed by atoms with Crippen molar-refractivity contribution in [2.24, 2.45) is 0 Å². The van der Waals surface area contributed by atoms with Crippen LogP contribution < -0.4 is 5.73 Å². The Balaban J connectivity index is 0.00000162. The Hall–Kier alpha value is -1.29. The van der Waals surface area contributed by atoms with Crippen LogP contribution in [0.1, 0.15) is 31.4 Å². The molecule has 5 heteroatoms. The monoisotopic (exact) mass is 269 g/mol. The first kappa shape index (κ1) is 14.8. The lowest BCUT2D eigenvalue weighted by atomic mass is 10.2. The molecule has 1 aliphatic carbocycles. The fourth-order valence-corrected chi connectivity index (χ4v) is 2.32. The maximum absolute atomic E-state index is 12.0. The van der Waals surface area contributed by atoms with Gasteiger partial charge >= 0.3 is 0 Å². The Labute approximate surface area is 114 Å². The van der Waals surface area contributed by atoms with E-state index in [0.717, 1.165) is 18.5 Å². The van der Waals surface area contributed by atoms with Crippen molar-refractivity contribution in [1.29, 1.82) is 0 Å². The van der Waals surface area contributed by atoms with Gasteiger partial charge in [-0.15, -0.1) is 12.4 Å². The molecule has 1 fully saturated rings. The number of nitrogen functional groups attached to an aromatic ring is 1. The summed E-state index contributed by atoms with van der Waals surface area (Å²) in [5.41, 5.74) is 6.98. The molecule has 4 nitrogen and oxygen atoms in total. The summed E-state index contributed by atoms with van der Waals surface area (Å²) < 4.78 is 0. The number of carbonyl (C=O) groups excluding carboxylic acids is 1. The summed E-state index contributed by atoms with van der Waals surface area (Å²) in [5.74, 6) is 0.147. The van der Waals surface area contributed by atoms with Gasteiger partial charge in [0.05, 0.1) is 18.3 Å². The van der Waals surface area contributed by atoms with Gasteiger partial charge in [0.15, 0.2) is 0 Å². The smallest absolute Gasteiger partial charge is 0.228 e. The predicted octanol–water partition coefficient (Wildman–Crippen LogP) is 2.03. The van der Waals surface area contributed by atoms with Crippen molar-refractivity contribution in [2.45, 2.75) is 38.1 Å². The van der Waals surface area contributed by atoms with Crippen LogP contribution >= 0.6 is 12.4 Å². The van der Waals surface area contributed by atoms with Crippen LogP contribution in [0.3, 0.4) is 0 Å². The van der Waals surface area contributed by atoms with E-state index in [1.165, 1.54) is 12.8 Å². The number of amides is 1. The molecule has 0 unspecified atom stereocenters. The van der Waals surface area contributed by atoms with Gasteiger partial charge in [0.2, 0.25) is 5.91 Å². The van der Waals surface area contributed by atoms with Gasteiger partial charge in [0, 0.05) is 18.8 Å². The first-order chi connectivity index (χ1) is 8.16. The zero-order chi connectivity index (χ0) is 12.3. The van der Waals surface area contributed by atoms with Crippen LogP contribution in [0.25, 0.3) is 0 Å². The average Bonchev–Trinajstić information content (AvgIpc) is 2.84. The minimum Gasteiger partial charge on any atom is -0.397 e. The number of hydrogen-bond acceptors (Lipinski definition) is 3. The highest BCUT2D eigenvalue weighted by atomic mass is 35.5. The summed E-state index contributed by atoms with van der Waals surface area (Å²) in [5, 5.41) is 0. The van der Waals surface area contributed by atoms with Crippen LogP contribution in [0.5, 0.6) is 0 Å². The van der Waals surface area contributed by atoms with Gasteiger partial charge in [-0.25, -0.2) is 0 Å². The molecule has 1 heterocycles. The molecular weight excluding hydrogens is 250 g/mol. The molecule has 2 rings (SSSR count). The molecule has 100 valence electrons. The summed E-state index contributed by atoms with van der Waals surface area (Å²) in [6.07, 6.45) is 6.71. The van der Waals surface area contributed by atoms with E-state index in [1.807, 2.05) is 18.0 Å². The summed E-state index contributed by atoms with van der Waals surface area (Å²) in [4.78, 5) is 18.1. The third-order valence-corrected chi connectivity index (χ3v) is 3.45. The van der Waals surface area contributed by atoms with Crippen molar-refractivity contribution in [1.82, 2.24) is 9.88 Å². The van der Waals surface area contributed by atoms with E-state index in [4.69, 9.17) is 5.73 Å². The Morgan fingerprint density at radius 3 is 2.67 bits per heavy atom. The summed E-state index contributed by atoms with van der Waals surface area (Å²) in [6.45, 7) is 0. The lowest BCUT2D eigenvalue weighted by Gasteiger charge is -2.24. The van der Waals surface area contributed by atoms with Gasteiger partial charge in [0.1, 0.15) is 0 Å². The van der Waals surface area contributed by atoms with Gasteiger partial charge in [-0.3, -0.25) is 9.78 Å². The van der Waals surface area contributed by atoms with Crippen molar-refractivity contribution in [3.05, 3.63) is 24.0 Å². The van der Waals surface area contributed by atoms with Gasteiger partial charge in [-0.1, -0.05) is 12.8 Å². The molecule has 0 radical (unpaired) electrons. The number of aromatic nitrogens is 1. The third-order valence-electron chi connectivity index (χ3n) is 3.45. The number of likely N-dealkylation sites (N-methyl/N-ethyl adjacent to an activating group) is 1. The largest absolute Gasteiger partial charge is 0.397 e. The number of nitrogens with zero attached hydrogens (tertiary/aromatic N) is 2. The number of anilines is 1. The zero-order valence-corrected chi connectivity index (χ0v) is 11.4. The third kappa shape index (κ3) is 3.60. The molecule has 0 atom stereocenters. The molecule has 0 saturated heterocycles. The van der Waals surface area contributed by atoms with E-state index < -0.39 is 0 Å². The van der Waals surface area contributed by atoms with E-state index in [-0.39, 0.29) is 18.3 Å². The molecule has 2 N–H and O–H groups in total. The lowest BCUT2D eigenvalue weighted by Crippen LogP contribution is -2.36. The Morgan fingerprint density at radius 2 is 2.11 bits per heavy atom. The predicted molar refractivity (Wildman–Crippen MR) is 74.6 cm³/mol. The topological polar surface area (TPSA) is 59.2 Å². The average molecular weight is 270 g/mol. The fraction of sp³-hybridized carbons (Fsp3) is 0.538. The molecule has 1 aromatic rings. The molecule has 0 aromatic carbocycles. The lowest BCUT2D eigenvalue weighted by molar-refractivity contribution is -0.131. The Kier molecular flexibility index (Phi) is 5.41. The molecule has 1 aromatic heterocycles. The highest BCUT2D eigenvalue weighted by Crippen LogP contribution is 2.22. The Morgan fingerprint density at radius 1 is 1.44 bits per heavy atom. The van der Waals surface area contributed by atoms with Crippen molar-refractivity contribution in [2.75, 3.05) is 12.8 Å². The zero-order valence-electron chi connectivity index (χ0n) is 10.6. The summed E-state index contributed by atoms with van der Waals surface area (Å²) in [7, 11) is 1.90. The van der Waals surface area contributed by atoms with Crippen LogP contribution in [0.4, 0.5) is 5.69 Å². The maximum atomic E-state index is 12.0. The van der Waals surface area contributed by atoms with Crippen LogP contribution in [0, 0.1) is 0 Å². The second-order valence-corrected chi connectivity index (χ2v) is 4.70. The van der Waals surface area contributed by atoms with Crippen LogP contribution in [-0.4, -0.2) is 28.9 Å². The molecule has 1 saturated carbocycles. The number of rotatable bonds is 3. The molecule has 0 bridgehead atoms. The quantitative estimate of drug-likeness (QED) is 0.913. The first-order valence-corrected chi connectivity index (χ1v) is 6.13. The molecule has 0 aliphatic heterocycles. The molecular formula is C13H20ClN3O. The first-order valence-electron chi connectivity index (χ1n) is 6.13. The van der Waals surface area contributed by atoms with E-state index in [1.54, 1.807) is 12.3 Å². The SMILES string of the molecule is CN(C(=O)Cc1ccc(N)cn1)C1CCCC1.Cl. The van der Waals surface area contributed by atoms with Gasteiger partial charge < -0.3 is 10.6 Å². The van der Waals surface area contributed by atoms with E-state index >= 15 is 0 Å². The van der Waals surface area contributed by atoms with E-state index in [2.05, 4.69) is 4.98 Å². The second kappa shape index (κ2) is 6.59. The molecule has 18 heavy (non-hydrogen) atoms. The van der Waals surface area contributed by atoms with Gasteiger partial charge in [0.25, 0.3) is 0 Å². The standard InChI is InChI=1S/C13H19N3O.ClH/c1-16(12-4-2-3-5-12)13(17)8-11-7-6-10(14)9-15-11;/h6-7,9,12H,2-5,8,14H2,1H3;1H. The molecule has 1 aliphatic rings. The van der Waals surface area contributed by atoms with Crippen LogP contribution in [0.15, 0.2) is 18.3 Å². The molecule has 1 amide bonds. The van der Waals surface area contributed by atoms with E-state index in [0.29, 0.717) is 18.2 Å². The number of halogens is 1. The minimum absolute atomic E-state index is 0. The normalized spacial score (nSPS) is 15.2. The van der Waals surface area contributed by atoms with Crippen molar-refractivity contribution in [3.63, 3.8) is 0 Å². The number of hydrogen-bond donors (Lipinski definition) is 1. The summed E-state index contributed by atoms with van der Waals surface area (Å²) in [6, 6.07) is 4.03. The van der Waals surface area contributed by atoms with Crippen LogP contribution in [-0.2, 0) is 11.2 Å². The fourth-order valence-electron chi connectivity index (χ4n) is 2.32. The second-order valence-electron chi connectivity index (χ2n) is 4.70. The van der Waals surface area contributed by atoms with Gasteiger partial charge in [-0.2, -0.15) is 0 Å². The van der Waals surface area contributed by atoms with Crippen molar-refractivity contribution < 1.29 is 4.79 Å². The van der Waals surface area contributed by atoms with Crippen molar-refractivity contribution in [3.8, 4) is 0 Å². The number of pyridine rings is 1. The molecule has 0 spiro atoms. The van der Waals surface area contributed by atoms with Gasteiger partial charge in [-0.05, 0) is 25.0 Å². The number of carbonyl (C=O) groups is 1. The van der Waals surface area contributed by atoms with Crippen LogP contribution in [0.2, 0.25) is 0 Å². The summed E-state index contributed by atoms with van der Waals surface area (Å²) >= 11 is 0. The van der Waals surface area contributed by atoms with E-state index in [9.17, 15) is 4.79 Å². The maximum Gasteiger partial charge on any atom is 0.228 e. The minimum atomic E-state index is 0. The number of nitrogens with two attached hydrogens (primary N) is 1. The Bertz CT molecular complexity index is 388. The van der Waals surface area contributed by atoms with Crippen molar-refractivity contribution >= 4 is 24.0 Å². The highest BCUT2D eigenvalue weighted by molar-refractivity contribution is 5.85. The highest BCUT2D eigenvalue weighted by Gasteiger charge is 2.23.